The number of fused-ring (bicyclic) bond motifs is 3. The third-order valence-electron chi connectivity index (χ3n) is 3.09. The number of nitrogens with zero attached hydrogens (tertiary/aromatic N) is 1. The van der Waals surface area contributed by atoms with Gasteiger partial charge in [0, 0.05) is 12.8 Å². The zero-order valence-corrected chi connectivity index (χ0v) is 11.5. The Morgan fingerprint density at radius 1 is 0.905 bits per heavy atom. The fourth-order valence-electron chi connectivity index (χ4n) is 2.00. The summed E-state index contributed by atoms with van der Waals surface area (Å²) < 4.78 is 92.4. The lowest BCUT2D eigenvalue weighted by Gasteiger charge is -2.46. The Morgan fingerprint density at radius 2 is 1.24 bits per heavy atom. The normalized spacial score (nSPS) is 31.7. The van der Waals surface area contributed by atoms with Crippen LogP contribution in [0.2, 0.25) is 0 Å². The third-order valence-corrected chi connectivity index (χ3v) is 3.57. The number of nitrogens with two attached hydrogens (primary N) is 1. The average Bonchev–Trinajstić information content (AvgIpc) is 2.26. The Balaban J connectivity index is 0.000000340. The molecule has 0 amide bonds. The molecular weight excluding hydrogens is 340 g/mol. The summed E-state index contributed by atoms with van der Waals surface area (Å²) in [7, 11) is -12.0. The number of piperidine rings is 1. The maximum absolute atomic E-state index is 13.6. The zero-order valence-electron chi connectivity index (χ0n) is 10.7. The van der Waals surface area contributed by atoms with Crippen molar-refractivity contribution < 1.29 is 48.9 Å². The van der Waals surface area contributed by atoms with Crippen LogP contribution in [0.3, 0.4) is 0 Å². The molecule has 3 heterocycles. The summed E-state index contributed by atoms with van der Waals surface area (Å²) >= 11 is 5.83. The number of rotatable bonds is 1. The van der Waals surface area contributed by atoms with Crippen LogP contribution >= 0.6 is 11.6 Å². The van der Waals surface area contributed by atoms with Crippen LogP contribution in [0.25, 0.3) is 0 Å². The van der Waals surface area contributed by atoms with E-state index in [1.807, 2.05) is 0 Å². The van der Waals surface area contributed by atoms with Crippen molar-refractivity contribution in [1.82, 2.24) is 0 Å². The van der Waals surface area contributed by atoms with Gasteiger partial charge in [0.05, 0.1) is 0 Å². The second-order valence-electron chi connectivity index (χ2n) is 4.81. The molecular formula is C7H14B2ClF9N2. The molecule has 0 saturated carbocycles. The molecule has 21 heavy (non-hydrogen) atoms. The molecule has 3 saturated heterocycles. The predicted molar refractivity (Wildman–Crippen MR) is 61.0 cm³/mol. The summed E-state index contributed by atoms with van der Waals surface area (Å²) in [5, 5.41) is 0. The summed E-state index contributed by atoms with van der Waals surface area (Å²) in [6.45, 7) is 2.42. The maximum atomic E-state index is 13.6. The molecule has 0 aromatic carbocycles. The SMILES string of the molecule is FC12CC[N+](CCl)(CC1)[NH2+]C2.F[B-](F)(F)F.F[B-](F)(F)F. The monoisotopic (exact) mass is 354 g/mol. The highest BCUT2D eigenvalue weighted by atomic mass is 35.5. The molecule has 128 valence electrons. The van der Waals surface area contributed by atoms with Gasteiger partial charge in [-0.05, 0) is 0 Å². The van der Waals surface area contributed by atoms with E-state index in [1.165, 1.54) is 0 Å². The molecule has 0 unspecified atom stereocenters. The van der Waals surface area contributed by atoms with Crippen molar-refractivity contribution >= 4 is 26.1 Å². The van der Waals surface area contributed by atoms with Crippen molar-refractivity contribution in [2.24, 2.45) is 0 Å². The van der Waals surface area contributed by atoms with Crippen molar-refractivity contribution in [2.45, 2.75) is 18.5 Å². The first-order valence-corrected chi connectivity index (χ1v) is 6.41. The van der Waals surface area contributed by atoms with Crippen LogP contribution in [0, 0.1) is 0 Å². The van der Waals surface area contributed by atoms with Gasteiger partial charge >= 0.3 is 14.5 Å². The largest absolute Gasteiger partial charge is 0.673 e. The highest BCUT2D eigenvalue weighted by Gasteiger charge is 2.52. The fraction of sp³-hybridized carbons (Fsp3) is 1.00. The van der Waals surface area contributed by atoms with Crippen LogP contribution in [0.15, 0.2) is 0 Å². The minimum Gasteiger partial charge on any atom is -0.418 e. The highest BCUT2D eigenvalue weighted by molar-refractivity contribution is 6.50. The topological polar surface area (TPSA) is 16.6 Å². The summed E-state index contributed by atoms with van der Waals surface area (Å²) in [6.07, 6.45) is 1.41. The molecule has 3 aliphatic rings. The van der Waals surface area contributed by atoms with Crippen LogP contribution in [0.5, 0.6) is 0 Å². The molecule has 2 bridgehead atoms. The second-order valence-corrected chi connectivity index (χ2v) is 5.05. The van der Waals surface area contributed by atoms with Crippen LogP contribution < -0.4 is 5.43 Å². The van der Waals surface area contributed by atoms with Crippen molar-refractivity contribution in [3.8, 4) is 0 Å². The average molecular weight is 354 g/mol. The maximum Gasteiger partial charge on any atom is 0.673 e. The highest BCUT2D eigenvalue weighted by Crippen LogP contribution is 2.30. The molecule has 3 rings (SSSR count). The van der Waals surface area contributed by atoms with Gasteiger partial charge in [-0.25, -0.2) is 4.39 Å². The molecule has 2 N–H and O–H groups in total. The van der Waals surface area contributed by atoms with Gasteiger partial charge in [-0.1, -0.05) is 11.6 Å². The lowest BCUT2D eigenvalue weighted by atomic mass is 9.90. The van der Waals surface area contributed by atoms with E-state index in [-0.39, 0.29) is 0 Å². The lowest BCUT2D eigenvalue weighted by Crippen LogP contribution is -3.09. The van der Waals surface area contributed by atoms with Gasteiger partial charge in [-0.2, -0.15) is 10.0 Å². The van der Waals surface area contributed by atoms with Gasteiger partial charge < -0.3 is 34.5 Å². The van der Waals surface area contributed by atoms with Gasteiger partial charge in [-0.15, -0.1) is 0 Å². The second kappa shape index (κ2) is 7.32. The molecule has 3 fully saturated rings. The minimum atomic E-state index is -6.00. The Labute approximate surface area is 120 Å². The first kappa shape index (κ1) is 20.7. The first-order chi connectivity index (χ1) is 9.18. The summed E-state index contributed by atoms with van der Waals surface area (Å²) in [5.41, 5.74) is 1.19. The van der Waals surface area contributed by atoms with Gasteiger partial charge in [0.15, 0.2) is 18.2 Å². The van der Waals surface area contributed by atoms with Crippen molar-refractivity contribution in [3.63, 3.8) is 0 Å². The van der Waals surface area contributed by atoms with Crippen molar-refractivity contribution in [3.05, 3.63) is 0 Å². The Kier molecular flexibility index (Phi) is 7.21. The van der Waals surface area contributed by atoms with Crippen LogP contribution in [-0.2, 0) is 0 Å². The Bertz CT molecular complexity index is 276. The van der Waals surface area contributed by atoms with Gasteiger partial charge in [0.25, 0.3) is 0 Å². The van der Waals surface area contributed by atoms with E-state index in [2.05, 4.69) is 5.43 Å². The van der Waals surface area contributed by atoms with Gasteiger partial charge in [0.1, 0.15) is 13.1 Å². The zero-order chi connectivity index (χ0) is 16.9. The van der Waals surface area contributed by atoms with E-state index >= 15 is 0 Å². The molecule has 0 aliphatic carbocycles. The van der Waals surface area contributed by atoms with Crippen LogP contribution in [0.1, 0.15) is 12.8 Å². The Morgan fingerprint density at radius 3 is 1.43 bits per heavy atom. The van der Waals surface area contributed by atoms with E-state index in [0.717, 1.165) is 17.7 Å². The number of quaternary nitrogens is 2. The molecule has 14 heteroatoms. The van der Waals surface area contributed by atoms with Crippen molar-refractivity contribution in [2.75, 3.05) is 25.6 Å². The number of hydrogen-bond donors (Lipinski definition) is 1. The van der Waals surface area contributed by atoms with Crippen LogP contribution in [0.4, 0.5) is 38.9 Å². The molecule has 3 aliphatic heterocycles. The molecule has 0 aromatic rings. The molecule has 0 spiro atoms. The molecule has 2 nitrogen and oxygen atoms in total. The number of halogens is 10. The van der Waals surface area contributed by atoms with E-state index in [9.17, 15) is 38.9 Å². The quantitative estimate of drug-likeness (QED) is 0.186. The van der Waals surface area contributed by atoms with Crippen molar-refractivity contribution in [1.29, 1.82) is 0 Å². The van der Waals surface area contributed by atoms with E-state index in [0.29, 0.717) is 25.4 Å². The number of alkyl halides is 2. The first-order valence-electron chi connectivity index (χ1n) is 5.88. The van der Waals surface area contributed by atoms with E-state index < -0.39 is 20.2 Å². The third kappa shape index (κ3) is 11.0. The van der Waals surface area contributed by atoms with E-state index in [1.54, 1.807) is 0 Å². The smallest absolute Gasteiger partial charge is 0.418 e. The van der Waals surface area contributed by atoms with Gasteiger partial charge in [0.2, 0.25) is 0 Å². The van der Waals surface area contributed by atoms with E-state index in [4.69, 9.17) is 11.6 Å². The molecule has 0 atom stereocenters. The lowest BCUT2D eigenvalue weighted by molar-refractivity contribution is -1.40. The summed E-state index contributed by atoms with van der Waals surface area (Å²) in [6, 6.07) is 0.621. The number of hydrogen-bond acceptors (Lipinski definition) is 0. The fourth-order valence-corrected chi connectivity index (χ4v) is 2.33. The summed E-state index contributed by atoms with van der Waals surface area (Å²) in [5.74, 6) is 0. The van der Waals surface area contributed by atoms with Gasteiger partial charge in [-0.3, -0.25) is 0 Å². The summed E-state index contributed by atoms with van der Waals surface area (Å²) in [4.78, 5) is 0. The molecule has 0 radical (unpaired) electrons. The van der Waals surface area contributed by atoms with Crippen LogP contribution in [-0.4, -0.2) is 50.4 Å². The molecule has 0 aromatic heterocycles. The standard InChI is InChI=1S/C7H14ClFN2.2BF4/c8-6-11-3-1-7(9,2-4-11)5-10-11;2*2-1(3,4)5/h1-6,10H2;;/q+2;2*-1. The Hall–Kier alpha value is -0.290. The predicted octanol–water partition coefficient (Wildman–Crippen LogP) is 2.59. The minimum absolute atomic E-state index is 0.611.